The third-order valence-electron chi connectivity index (χ3n) is 2.37. The van der Waals surface area contributed by atoms with Crippen molar-refractivity contribution >= 4 is 23.5 Å². The highest BCUT2D eigenvalue weighted by Gasteiger charge is 1.93. The van der Waals surface area contributed by atoms with Crippen LogP contribution >= 0.6 is 12.2 Å². The molecule has 0 bridgehead atoms. The Balaban J connectivity index is 2.22. The molecule has 2 N–H and O–H groups in total. The van der Waals surface area contributed by atoms with Gasteiger partial charge in [-0.2, -0.15) is 10.4 Å². The predicted molar refractivity (Wildman–Crippen MR) is 83.6 cm³/mol. The Bertz CT molecular complexity index is 479. The normalized spacial score (nSPS) is 10.2. The fourth-order valence-electron chi connectivity index (χ4n) is 1.37. The summed E-state index contributed by atoms with van der Waals surface area (Å²) in [5, 5.41) is 16.2. The van der Waals surface area contributed by atoms with Crippen molar-refractivity contribution in [1.82, 2.24) is 10.7 Å². The van der Waals surface area contributed by atoms with E-state index in [0.717, 1.165) is 31.7 Å². The molecule has 20 heavy (non-hydrogen) atoms. The average molecular weight is 290 g/mol. The van der Waals surface area contributed by atoms with E-state index in [4.69, 9.17) is 22.2 Å². The van der Waals surface area contributed by atoms with Crippen LogP contribution < -0.4 is 10.7 Å². The standard InChI is InChI=1S/C14H18N4OS/c1-2-19-9-3-8-16-14(20)18-17-11-13-6-4-12(10-15)5-7-13/h4-7,11H,2-3,8-9H2,1H3,(H2,16,18,20)/b17-11-. The first-order chi connectivity index (χ1) is 9.76. The number of ether oxygens (including phenoxy) is 1. The zero-order chi connectivity index (χ0) is 14.6. The SMILES string of the molecule is CCOCCCNC(=S)N/N=C\c1ccc(C#N)cc1. The van der Waals surface area contributed by atoms with Crippen LogP contribution in [0.4, 0.5) is 0 Å². The van der Waals surface area contributed by atoms with Gasteiger partial charge in [0.15, 0.2) is 5.11 Å². The highest BCUT2D eigenvalue weighted by Crippen LogP contribution is 2.00. The maximum Gasteiger partial charge on any atom is 0.186 e. The number of rotatable bonds is 7. The molecule has 5 nitrogen and oxygen atoms in total. The molecule has 0 radical (unpaired) electrons. The number of hydrazone groups is 1. The van der Waals surface area contributed by atoms with Gasteiger partial charge >= 0.3 is 0 Å². The Hall–Kier alpha value is -1.97. The third kappa shape index (κ3) is 6.83. The van der Waals surface area contributed by atoms with Gasteiger partial charge in [-0.25, -0.2) is 0 Å². The predicted octanol–water partition coefficient (Wildman–Crippen LogP) is 1.78. The van der Waals surface area contributed by atoms with Gasteiger partial charge in [-0.15, -0.1) is 0 Å². The molecule has 0 aliphatic heterocycles. The maximum atomic E-state index is 8.68. The number of hydrogen-bond donors (Lipinski definition) is 2. The first-order valence-corrected chi connectivity index (χ1v) is 6.82. The van der Waals surface area contributed by atoms with Crippen LogP contribution in [-0.4, -0.2) is 31.1 Å². The van der Waals surface area contributed by atoms with Crippen LogP contribution in [0.3, 0.4) is 0 Å². The highest BCUT2D eigenvalue weighted by atomic mass is 32.1. The van der Waals surface area contributed by atoms with Gasteiger partial charge in [-0.3, -0.25) is 5.43 Å². The number of benzene rings is 1. The number of nitriles is 1. The molecule has 0 saturated carbocycles. The van der Waals surface area contributed by atoms with E-state index in [0.29, 0.717) is 10.7 Å². The summed E-state index contributed by atoms with van der Waals surface area (Å²) in [4.78, 5) is 0. The second-order valence-corrected chi connectivity index (χ2v) is 4.32. The molecule has 1 rings (SSSR count). The van der Waals surface area contributed by atoms with Gasteiger partial charge < -0.3 is 10.1 Å². The lowest BCUT2D eigenvalue weighted by Crippen LogP contribution is -2.33. The number of nitrogens with zero attached hydrogens (tertiary/aromatic N) is 2. The van der Waals surface area contributed by atoms with E-state index in [2.05, 4.69) is 21.9 Å². The third-order valence-corrected chi connectivity index (χ3v) is 2.61. The molecule has 0 spiro atoms. The number of nitrogens with one attached hydrogen (secondary N) is 2. The Labute approximate surface area is 124 Å². The van der Waals surface area contributed by atoms with Crippen LogP contribution in [0, 0.1) is 11.3 Å². The molecular weight excluding hydrogens is 272 g/mol. The molecule has 0 fully saturated rings. The first kappa shape index (κ1) is 16.1. The minimum atomic E-state index is 0.478. The minimum absolute atomic E-state index is 0.478. The highest BCUT2D eigenvalue weighted by molar-refractivity contribution is 7.80. The van der Waals surface area contributed by atoms with E-state index in [1.54, 1.807) is 18.3 Å². The fourth-order valence-corrected chi connectivity index (χ4v) is 1.52. The molecule has 106 valence electrons. The molecule has 0 aliphatic carbocycles. The smallest absolute Gasteiger partial charge is 0.186 e. The van der Waals surface area contributed by atoms with Gasteiger partial charge in [0.05, 0.1) is 17.8 Å². The average Bonchev–Trinajstić information content (AvgIpc) is 2.48. The molecule has 0 saturated heterocycles. The van der Waals surface area contributed by atoms with Gasteiger partial charge in [0, 0.05) is 19.8 Å². The van der Waals surface area contributed by atoms with E-state index in [-0.39, 0.29) is 0 Å². The van der Waals surface area contributed by atoms with Crippen LogP contribution in [0.25, 0.3) is 0 Å². The van der Waals surface area contributed by atoms with Gasteiger partial charge in [0.25, 0.3) is 0 Å². The quantitative estimate of drug-likeness (QED) is 0.347. The van der Waals surface area contributed by atoms with E-state index in [1.807, 2.05) is 19.1 Å². The summed E-state index contributed by atoms with van der Waals surface area (Å²) in [6.07, 6.45) is 2.55. The van der Waals surface area contributed by atoms with E-state index >= 15 is 0 Å². The monoisotopic (exact) mass is 290 g/mol. The van der Waals surface area contributed by atoms with Crippen molar-refractivity contribution in [2.75, 3.05) is 19.8 Å². The lowest BCUT2D eigenvalue weighted by molar-refractivity contribution is 0.145. The van der Waals surface area contributed by atoms with Crippen LogP contribution in [-0.2, 0) is 4.74 Å². The van der Waals surface area contributed by atoms with Gasteiger partial charge in [-0.05, 0) is 43.3 Å². The van der Waals surface area contributed by atoms with Gasteiger partial charge in [0.1, 0.15) is 0 Å². The second-order valence-electron chi connectivity index (χ2n) is 3.91. The molecule has 0 heterocycles. The van der Waals surface area contributed by atoms with Crippen molar-refractivity contribution in [2.24, 2.45) is 5.10 Å². The van der Waals surface area contributed by atoms with Crippen molar-refractivity contribution < 1.29 is 4.74 Å². The first-order valence-electron chi connectivity index (χ1n) is 6.41. The Morgan fingerprint density at radius 3 is 2.85 bits per heavy atom. The number of hydrogen-bond acceptors (Lipinski definition) is 4. The van der Waals surface area contributed by atoms with Gasteiger partial charge in [-0.1, -0.05) is 12.1 Å². The second kappa shape index (κ2) is 9.89. The van der Waals surface area contributed by atoms with Crippen molar-refractivity contribution in [2.45, 2.75) is 13.3 Å². The fraction of sp³-hybridized carbons (Fsp3) is 0.357. The maximum absolute atomic E-state index is 8.68. The molecular formula is C14H18N4OS. The summed E-state index contributed by atoms with van der Waals surface area (Å²) in [6.45, 7) is 4.17. The van der Waals surface area contributed by atoms with Crippen molar-refractivity contribution in [3.8, 4) is 6.07 Å². The molecule has 0 unspecified atom stereocenters. The minimum Gasteiger partial charge on any atom is -0.382 e. The zero-order valence-corrected chi connectivity index (χ0v) is 12.2. The molecule has 1 aromatic carbocycles. The Morgan fingerprint density at radius 2 is 2.20 bits per heavy atom. The topological polar surface area (TPSA) is 69.4 Å². The molecule has 0 amide bonds. The van der Waals surface area contributed by atoms with E-state index < -0.39 is 0 Å². The van der Waals surface area contributed by atoms with Crippen molar-refractivity contribution in [1.29, 1.82) is 5.26 Å². The Morgan fingerprint density at radius 1 is 1.45 bits per heavy atom. The summed E-state index contributed by atoms with van der Waals surface area (Å²) in [5.41, 5.74) is 4.26. The molecule has 0 aromatic heterocycles. The molecule has 0 aliphatic rings. The summed E-state index contributed by atoms with van der Waals surface area (Å²) in [6, 6.07) is 9.19. The van der Waals surface area contributed by atoms with Crippen molar-refractivity contribution in [3.63, 3.8) is 0 Å². The number of thiocarbonyl (C=S) groups is 1. The molecule has 0 atom stereocenters. The van der Waals surface area contributed by atoms with Crippen LogP contribution in [0.15, 0.2) is 29.4 Å². The Kier molecular flexibility index (Phi) is 7.96. The lowest BCUT2D eigenvalue weighted by Gasteiger charge is -2.06. The van der Waals surface area contributed by atoms with E-state index in [1.165, 1.54) is 0 Å². The van der Waals surface area contributed by atoms with Gasteiger partial charge in [0.2, 0.25) is 0 Å². The summed E-state index contributed by atoms with van der Waals surface area (Å²) in [5.74, 6) is 0. The van der Waals surface area contributed by atoms with Crippen LogP contribution in [0.5, 0.6) is 0 Å². The van der Waals surface area contributed by atoms with Crippen LogP contribution in [0.2, 0.25) is 0 Å². The summed E-state index contributed by atoms with van der Waals surface area (Å²) < 4.78 is 5.22. The largest absolute Gasteiger partial charge is 0.382 e. The van der Waals surface area contributed by atoms with Crippen molar-refractivity contribution in [3.05, 3.63) is 35.4 Å². The van der Waals surface area contributed by atoms with E-state index in [9.17, 15) is 0 Å². The summed E-state index contributed by atoms with van der Waals surface area (Å²) in [7, 11) is 0. The zero-order valence-electron chi connectivity index (χ0n) is 11.4. The molecule has 1 aromatic rings. The lowest BCUT2D eigenvalue weighted by atomic mass is 10.2. The van der Waals surface area contributed by atoms with Crippen LogP contribution in [0.1, 0.15) is 24.5 Å². The molecule has 6 heteroatoms. The summed E-state index contributed by atoms with van der Waals surface area (Å²) >= 11 is 5.07.